The fourth-order valence-electron chi connectivity index (χ4n) is 2.01. The van der Waals surface area contributed by atoms with Crippen LogP contribution in [0.4, 0.5) is 0 Å². The van der Waals surface area contributed by atoms with Gasteiger partial charge in [-0.15, -0.1) is 0 Å². The molecule has 112 valence electrons. The minimum atomic E-state index is -0.461. The van der Waals surface area contributed by atoms with Gasteiger partial charge in [0, 0.05) is 9.86 Å². The van der Waals surface area contributed by atoms with E-state index in [0.29, 0.717) is 5.69 Å². The molecular formula is C16H13BrN2O3. The standard InChI is InChI=1S/C16H13BrN2O3/c17-11-5-7-12(8-6-11)21-9-10-22-16(20)15-13-3-1-2-4-14(13)18-19-15/h1-8H,9-10H2,(H,18,19). The summed E-state index contributed by atoms with van der Waals surface area (Å²) in [4.78, 5) is 12.0. The van der Waals surface area contributed by atoms with E-state index in [-0.39, 0.29) is 13.2 Å². The smallest absolute Gasteiger partial charge is 0.359 e. The fraction of sp³-hybridized carbons (Fsp3) is 0.125. The zero-order valence-corrected chi connectivity index (χ0v) is 13.2. The van der Waals surface area contributed by atoms with E-state index in [4.69, 9.17) is 9.47 Å². The van der Waals surface area contributed by atoms with Gasteiger partial charge >= 0.3 is 5.97 Å². The predicted octanol–water partition coefficient (Wildman–Crippen LogP) is 3.56. The van der Waals surface area contributed by atoms with Crippen molar-refractivity contribution in [1.29, 1.82) is 0 Å². The Labute approximate surface area is 135 Å². The maximum absolute atomic E-state index is 12.0. The zero-order chi connectivity index (χ0) is 15.4. The van der Waals surface area contributed by atoms with E-state index in [2.05, 4.69) is 26.1 Å². The van der Waals surface area contributed by atoms with Crippen molar-refractivity contribution in [2.75, 3.05) is 13.2 Å². The molecule has 0 spiro atoms. The molecule has 3 aromatic rings. The van der Waals surface area contributed by atoms with E-state index in [9.17, 15) is 4.79 Å². The third kappa shape index (κ3) is 3.28. The average molecular weight is 361 g/mol. The number of hydrogen-bond acceptors (Lipinski definition) is 4. The van der Waals surface area contributed by atoms with Gasteiger partial charge in [0.05, 0.1) is 5.52 Å². The highest BCUT2D eigenvalue weighted by molar-refractivity contribution is 9.10. The molecule has 0 saturated carbocycles. The summed E-state index contributed by atoms with van der Waals surface area (Å²) in [5, 5.41) is 7.55. The summed E-state index contributed by atoms with van der Waals surface area (Å²) in [6, 6.07) is 14.9. The average Bonchev–Trinajstić information content (AvgIpc) is 2.97. The summed E-state index contributed by atoms with van der Waals surface area (Å²) in [5.74, 6) is 0.265. The van der Waals surface area contributed by atoms with Crippen LogP contribution < -0.4 is 4.74 Å². The van der Waals surface area contributed by atoms with E-state index in [0.717, 1.165) is 21.1 Å². The van der Waals surface area contributed by atoms with Crippen LogP contribution in [0.5, 0.6) is 5.75 Å². The Hall–Kier alpha value is -2.34. The zero-order valence-electron chi connectivity index (χ0n) is 11.6. The molecule has 0 amide bonds. The number of aromatic amines is 1. The molecule has 22 heavy (non-hydrogen) atoms. The molecule has 1 N–H and O–H groups in total. The quantitative estimate of drug-likeness (QED) is 0.558. The summed E-state index contributed by atoms with van der Waals surface area (Å²) in [6.07, 6.45) is 0. The molecule has 0 aliphatic heterocycles. The van der Waals surface area contributed by atoms with Crippen molar-refractivity contribution in [2.45, 2.75) is 0 Å². The van der Waals surface area contributed by atoms with Crippen LogP contribution in [0.15, 0.2) is 53.0 Å². The van der Waals surface area contributed by atoms with E-state index in [1.807, 2.05) is 48.5 Å². The molecule has 0 saturated heterocycles. The SMILES string of the molecule is O=C(OCCOc1ccc(Br)cc1)c1n[nH]c2ccccc12. The van der Waals surface area contributed by atoms with Crippen LogP contribution in [0, 0.1) is 0 Å². The van der Waals surface area contributed by atoms with E-state index < -0.39 is 5.97 Å². The minimum Gasteiger partial charge on any atom is -0.490 e. The second-order valence-corrected chi connectivity index (χ2v) is 5.47. The van der Waals surface area contributed by atoms with Gasteiger partial charge in [0.15, 0.2) is 5.69 Å². The van der Waals surface area contributed by atoms with Crippen LogP contribution in [0.25, 0.3) is 10.9 Å². The van der Waals surface area contributed by atoms with Crippen LogP contribution in [0.2, 0.25) is 0 Å². The first kappa shape index (κ1) is 14.6. The molecule has 0 atom stereocenters. The van der Waals surface area contributed by atoms with E-state index >= 15 is 0 Å². The van der Waals surface area contributed by atoms with Gasteiger partial charge in [-0.25, -0.2) is 4.79 Å². The molecule has 0 fully saturated rings. The lowest BCUT2D eigenvalue weighted by Gasteiger charge is -2.06. The molecule has 6 heteroatoms. The van der Waals surface area contributed by atoms with Crippen LogP contribution in [-0.4, -0.2) is 29.4 Å². The molecule has 0 aliphatic rings. The third-order valence-electron chi connectivity index (χ3n) is 3.06. The molecule has 5 nitrogen and oxygen atoms in total. The molecule has 0 aliphatic carbocycles. The van der Waals surface area contributed by atoms with Gasteiger partial charge in [-0.3, -0.25) is 5.10 Å². The molecule has 2 aromatic carbocycles. The van der Waals surface area contributed by atoms with Gasteiger partial charge < -0.3 is 9.47 Å². The topological polar surface area (TPSA) is 64.2 Å². The molecule has 0 radical (unpaired) electrons. The highest BCUT2D eigenvalue weighted by atomic mass is 79.9. The molecule has 1 aromatic heterocycles. The van der Waals surface area contributed by atoms with Crippen molar-refractivity contribution in [3.8, 4) is 5.75 Å². The Morgan fingerprint density at radius 3 is 2.68 bits per heavy atom. The van der Waals surface area contributed by atoms with Gasteiger partial charge in [0.25, 0.3) is 0 Å². The van der Waals surface area contributed by atoms with Crippen LogP contribution >= 0.6 is 15.9 Å². The number of hydrogen-bond donors (Lipinski definition) is 1. The number of H-pyrrole nitrogens is 1. The second kappa shape index (κ2) is 6.62. The van der Waals surface area contributed by atoms with Crippen LogP contribution in [-0.2, 0) is 4.74 Å². The number of ether oxygens (including phenoxy) is 2. The van der Waals surface area contributed by atoms with Crippen molar-refractivity contribution in [3.05, 3.63) is 58.7 Å². The van der Waals surface area contributed by atoms with Crippen molar-refractivity contribution in [1.82, 2.24) is 10.2 Å². The lowest BCUT2D eigenvalue weighted by atomic mass is 10.2. The predicted molar refractivity (Wildman–Crippen MR) is 86.0 cm³/mol. The number of rotatable bonds is 5. The monoisotopic (exact) mass is 360 g/mol. The molecule has 0 unspecified atom stereocenters. The lowest BCUT2D eigenvalue weighted by molar-refractivity contribution is 0.0446. The minimum absolute atomic E-state index is 0.163. The number of carbonyl (C=O) groups is 1. The Bertz CT molecular complexity index is 783. The van der Waals surface area contributed by atoms with Gasteiger partial charge in [0.1, 0.15) is 19.0 Å². The van der Waals surface area contributed by atoms with E-state index in [1.54, 1.807) is 0 Å². The molecule has 3 rings (SSSR count). The van der Waals surface area contributed by atoms with Crippen LogP contribution in [0.3, 0.4) is 0 Å². The molecule has 1 heterocycles. The summed E-state index contributed by atoms with van der Waals surface area (Å²) < 4.78 is 11.7. The van der Waals surface area contributed by atoms with E-state index in [1.165, 1.54) is 0 Å². The molecule has 0 bridgehead atoms. The van der Waals surface area contributed by atoms with Gasteiger partial charge in [-0.1, -0.05) is 34.1 Å². The van der Waals surface area contributed by atoms with Gasteiger partial charge in [-0.2, -0.15) is 5.10 Å². The summed E-state index contributed by atoms with van der Waals surface area (Å²) in [7, 11) is 0. The number of para-hydroxylation sites is 1. The number of halogens is 1. The Morgan fingerprint density at radius 2 is 1.86 bits per heavy atom. The third-order valence-corrected chi connectivity index (χ3v) is 3.59. The first-order valence-corrected chi connectivity index (χ1v) is 7.52. The number of benzene rings is 2. The highest BCUT2D eigenvalue weighted by Crippen LogP contribution is 2.17. The summed E-state index contributed by atoms with van der Waals surface area (Å²) in [5.41, 5.74) is 1.10. The number of fused-ring (bicyclic) bond motifs is 1. The van der Waals surface area contributed by atoms with Crippen molar-refractivity contribution < 1.29 is 14.3 Å². The number of carbonyl (C=O) groups excluding carboxylic acids is 1. The number of aromatic nitrogens is 2. The first-order chi connectivity index (χ1) is 10.7. The Balaban J connectivity index is 1.53. The maximum atomic E-state index is 12.0. The first-order valence-electron chi connectivity index (χ1n) is 6.72. The van der Waals surface area contributed by atoms with Crippen molar-refractivity contribution in [2.24, 2.45) is 0 Å². The number of nitrogens with one attached hydrogen (secondary N) is 1. The van der Waals surface area contributed by atoms with Crippen molar-refractivity contribution >= 4 is 32.8 Å². The largest absolute Gasteiger partial charge is 0.490 e. The molecular weight excluding hydrogens is 348 g/mol. The van der Waals surface area contributed by atoms with Crippen molar-refractivity contribution in [3.63, 3.8) is 0 Å². The maximum Gasteiger partial charge on any atom is 0.359 e. The van der Waals surface area contributed by atoms with Crippen LogP contribution in [0.1, 0.15) is 10.5 Å². The summed E-state index contributed by atoms with van der Waals surface area (Å²) >= 11 is 3.35. The number of nitrogens with zero attached hydrogens (tertiary/aromatic N) is 1. The van der Waals surface area contributed by atoms with Gasteiger partial charge in [-0.05, 0) is 30.3 Å². The van der Waals surface area contributed by atoms with Gasteiger partial charge in [0.2, 0.25) is 0 Å². The highest BCUT2D eigenvalue weighted by Gasteiger charge is 2.14. The second-order valence-electron chi connectivity index (χ2n) is 4.56. The normalized spacial score (nSPS) is 10.6. The lowest BCUT2D eigenvalue weighted by Crippen LogP contribution is -2.13. The Kier molecular flexibility index (Phi) is 4.39. The Morgan fingerprint density at radius 1 is 1.09 bits per heavy atom. The fourth-order valence-corrected chi connectivity index (χ4v) is 2.28. The number of esters is 1. The summed E-state index contributed by atoms with van der Waals surface area (Å²) in [6.45, 7) is 0.450.